The molecular formula is C36H58O10. The minimum atomic E-state index is -1.56. The van der Waals surface area contributed by atoms with Crippen LogP contribution in [-0.4, -0.2) is 98.8 Å². The van der Waals surface area contributed by atoms with Gasteiger partial charge in [-0.05, 0) is 71.5 Å². The summed E-state index contributed by atoms with van der Waals surface area (Å²) in [5.74, 6) is -0.0761. The van der Waals surface area contributed by atoms with Gasteiger partial charge in [0.1, 0.15) is 24.4 Å². The monoisotopic (exact) mass is 650 g/mol. The molecule has 4 aliphatic carbocycles. The largest absolute Gasteiger partial charge is 0.465 e. The highest BCUT2D eigenvalue weighted by molar-refractivity contribution is 5.76. The standard InChI is InChI=1S/C36H58O10/c1-17(2)20-16-44-30(43)28-34(6)12-11-18-19(35(34,7)14-24(39)36(20,28)8)9-10-23-32(3,4)29(21(38)13-33(18,23)5)46-31-27(42)26(41)25(40)22(15-37)45-31/h11,17,19-29,31,37-42H,9-10,12-16H2,1-8H3/t19-,20+,21+,22+,23-,24+,25+,26-,27+,28-,29-,31-,33+,34-,35+,36-/m0/s1. The number of esters is 1. The molecule has 6 rings (SSSR count). The molecule has 3 saturated carbocycles. The van der Waals surface area contributed by atoms with Crippen LogP contribution in [-0.2, 0) is 19.0 Å². The summed E-state index contributed by atoms with van der Waals surface area (Å²) in [6, 6.07) is 0. The topological polar surface area (TPSA) is 166 Å². The van der Waals surface area contributed by atoms with Gasteiger partial charge in [-0.3, -0.25) is 4.79 Å². The van der Waals surface area contributed by atoms with Crippen LogP contribution in [0.1, 0.15) is 87.5 Å². The van der Waals surface area contributed by atoms with E-state index in [1.807, 2.05) is 0 Å². The van der Waals surface area contributed by atoms with E-state index < -0.39 is 77.8 Å². The molecule has 0 unspecified atom stereocenters. The minimum Gasteiger partial charge on any atom is -0.465 e. The molecule has 10 nitrogen and oxygen atoms in total. The van der Waals surface area contributed by atoms with Gasteiger partial charge in [0.05, 0.1) is 37.4 Å². The third-order valence-electron chi connectivity index (χ3n) is 15.0. The molecule has 0 spiro atoms. The Balaban J connectivity index is 1.33. The average molecular weight is 651 g/mol. The number of carbonyl (C=O) groups excluding carboxylic acids is 1. The van der Waals surface area contributed by atoms with Gasteiger partial charge in [0.2, 0.25) is 0 Å². The zero-order valence-corrected chi connectivity index (χ0v) is 28.8. The summed E-state index contributed by atoms with van der Waals surface area (Å²) in [6.07, 6.45) is -3.57. The van der Waals surface area contributed by atoms with E-state index in [1.165, 1.54) is 5.57 Å². The van der Waals surface area contributed by atoms with Gasteiger partial charge in [0.15, 0.2) is 6.29 Å². The Labute approximate surface area is 273 Å². The van der Waals surface area contributed by atoms with Crippen molar-refractivity contribution < 1.29 is 49.6 Å². The number of fused-ring (bicyclic) bond motifs is 7. The highest BCUT2D eigenvalue weighted by atomic mass is 16.7. The molecule has 46 heavy (non-hydrogen) atoms. The SMILES string of the molecule is CC(C)[C@H]1COC(=O)[C@@H]2[C@]1(C)[C@H](O)C[C@]1(C)[C@H]3CC[C@H]4C(C)(C)[C@@H](O[C@@H]5O[C@H](CO)[C@@H](O)[C@H](O)[C@H]5O)[C@H](O)C[C@]4(C)C3=CC[C@@]21C. The normalized spacial score (nSPS) is 54.9. The number of rotatable bonds is 4. The van der Waals surface area contributed by atoms with E-state index in [9.17, 15) is 35.4 Å². The zero-order valence-electron chi connectivity index (χ0n) is 28.8. The third kappa shape index (κ3) is 4.46. The number of aliphatic hydroxyl groups excluding tert-OH is 6. The van der Waals surface area contributed by atoms with Crippen LogP contribution in [0.15, 0.2) is 11.6 Å². The highest BCUT2D eigenvalue weighted by Crippen LogP contribution is 2.74. The Bertz CT molecular complexity index is 1230. The smallest absolute Gasteiger partial charge is 0.310 e. The number of aliphatic hydroxyl groups is 6. The van der Waals surface area contributed by atoms with E-state index in [0.29, 0.717) is 25.9 Å². The Hall–Kier alpha value is -1.11. The van der Waals surface area contributed by atoms with Gasteiger partial charge in [-0.15, -0.1) is 0 Å². The maximum Gasteiger partial charge on any atom is 0.310 e. The number of ether oxygens (including phenoxy) is 3. The fraction of sp³-hybridized carbons (Fsp3) is 0.917. The molecule has 0 aromatic carbocycles. The van der Waals surface area contributed by atoms with E-state index in [1.54, 1.807) is 0 Å². The van der Waals surface area contributed by atoms with Crippen molar-refractivity contribution in [3.8, 4) is 0 Å². The van der Waals surface area contributed by atoms with Crippen LogP contribution >= 0.6 is 0 Å². The zero-order chi connectivity index (χ0) is 33.9. The average Bonchev–Trinajstić information content (AvgIpc) is 2.96. The first-order chi connectivity index (χ1) is 21.3. The lowest BCUT2D eigenvalue weighted by atomic mass is 9.34. The van der Waals surface area contributed by atoms with Gasteiger partial charge >= 0.3 is 5.97 Å². The first-order valence-electron chi connectivity index (χ1n) is 17.5. The molecule has 0 bridgehead atoms. The molecule has 2 saturated heterocycles. The van der Waals surface area contributed by atoms with Crippen molar-refractivity contribution in [1.82, 2.24) is 0 Å². The van der Waals surface area contributed by atoms with E-state index in [2.05, 4.69) is 61.5 Å². The van der Waals surface area contributed by atoms with E-state index in [0.717, 1.165) is 12.8 Å². The molecule has 5 fully saturated rings. The predicted molar refractivity (Wildman–Crippen MR) is 168 cm³/mol. The molecule has 6 N–H and O–H groups in total. The molecule has 2 aliphatic heterocycles. The van der Waals surface area contributed by atoms with Gasteiger partial charge in [-0.2, -0.15) is 0 Å². The maximum absolute atomic E-state index is 13.8. The number of hydrogen-bond donors (Lipinski definition) is 6. The van der Waals surface area contributed by atoms with Crippen LogP contribution in [0.2, 0.25) is 0 Å². The van der Waals surface area contributed by atoms with Crippen molar-refractivity contribution in [3.63, 3.8) is 0 Å². The molecule has 0 amide bonds. The fourth-order valence-corrected chi connectivity index (χ4v) is 12.3. The summed E-state index contributed by atoms with van der Waals surface area (Å²) in [7, 11) is 0. The first kappa shape index (κ1) is 34.7. The van der Waals surface area contributed by atoms with Crippen molar-refractivity contribution in [3.05, 3.63) is 11.6 Å². The van der Waals surface area contributed by atoms with Crippen LogP contribution < -0.4 is 0 Å². The number of hydrogen-bond acceptors (Lipinski definition) is 10. The highest BCUT2D eigenvalue weighted by Gasteiger charge is 2.73. The van der Waals surface area contributed by atoms with E-state index in [-0.39, 0.29) is 40.5 Å². The Morgan fingerprint density at radius 3 is 2.24 bits per heavy atom. The summed E-state index contributed by atoms with van der Waals surface area (Å²) in [4.78, 5) is 13.8. The molecule has 0 radical (unpaired) electrons. The van der Waals surface area contributed by atoms with Gasteiger partial charge in [-0.25, -0.2) is 0 Å². The lowest BCUT2D eigenvalue weighted by Gasteiger charge is -2.71. The minimum absolute atomic E-state index is 0.0696. The summed E-state index contributed by atoms with van der Waals surface area (Å²) in [6.45, 7) is 17.1. The van der Waals surface area contributed by atoms with Gasteiger partial charge in [0, 0.05) is 11.3 Å². The Kier molecular flexibility index (Phi) is 8.46. The van der Waals surface area contributed by atoms with E-state index >= 15 is 0 Å². The van der Waals surface area contributed by atoms with Gasteiger partial charge < -0.3 is 44.8 Å². The lowest BCUT2D eigenvalue weighted by Crippen LogP contribution is -2.71. The summed E-state index contributed by atoms with van der Waals surface area (Å²) < 4.78 is 17.9. The van der Waals surface area contributed by atoms with Gasteiger partial charge in [-0.1, -0.05) is 67.0 Å². The molecule has 0 aromatic heterocycles. The molecule has 262 valence electrons. The number of carbonyl (C=O) groups is 1. The van der Waals surface area contributed by atoms with Crippen molar-refractivity contribution in [2.75, 3.05) is 13.2 Å². The Morgan fingerprint density at radius 1 is 0.935 bits per heavy atom. The van der Waals surface area contributed by atoms with Crippen LogP contribution in [0.25, 0.3) is 0 Å². The van der Waals surface area contributed by atoms with E-state index in [4.69, 9.17) is 14.2 Å². The Morgan fingerprint density at radius 2 is 1.61 bits per heavy atom. The van der Waals surface area contributed by atoms with Crippen LogP contribution in [0, 0.1) is 56.7 Å². The maximum atomic E-state index is 13.8. The third-order valence-corrected chi connectivity index (χ3v) is 15.0. The van der Waals surface area contributed by atoms with Crippen LogP contribution in [0.4, 0.5) is 0 Å². The molecule has 0 aromatic rings. The second-order valence-corrected chi connectivity index (χ2v) is 17.6. The predicted octanol–water partition coefficient (Wildman–Crippen LogP) is 2.55. The lowest BCUT2D eigenvalue weighted by molar-refractivity contribution is -0.336. The van der Waals surface area contributed by atoms with Crippen molar-refractivity contribution in [2.24, 2.45) is 56.7 Å². The second-order valence-electron chi connectivity index (χ2n) is 17.6. The van der Waals surface area contributed by atoms with Gasteiger partial charge in [0.25, 0.3) is 0 Å². The first-order valence-corrected chi connectivity index (χ1v) is 17.5. The molecule has 10 heteroatoms. The number of allylic oxidation sites excluding steroid dienone is 2. The van der Waals surface area contributed by atoms with Crippen molar-refractivity contribution >= 4 is 5.97 Å². The molecule has 2 heterocycles. The quantitative estimate of drug-likeness (QED) is 0.151. The number of cyclic esters (lactones) is 1. The van der Waals surface area contributed by atoms with Crippen molar-refractivity contribution in [2.45, 2.75) is 137 Å². The summed E-state index contributed by atoms with van der Waals surface area (Å²) >= 11 is 0. The van der Waals surface area contributed by atoms with Crippen LogP contribution in [0.3, 0.4) is 0 Å². The van der Waals surface area contributed by atoms with Crippen LogP contribution in [0.5, 0.6) is 0 Å². The second kappa shape index (κ2) is 11.2. The molecular weight excluding hydrogens is 592 g/mol. The molecule has 6 aliphatic rings. The summed E-state index contributed by atoms with van der Waals surface area (Å²) in [5.41, 5.74) is -1.04. The van der Waals surface area contributed by atoms with Crippen molar-refractivity contribution in [1.29, 1.82) is 0 Å². The fourth-order valence-electron chi connectivity index (χ4n) is 12.3. The molecule has 16 atom stereocenters. The summed E-state index contributed by atoms with van der Waals surface area (Å²) in [5, 5.41) is 64.9.